The van der Waals surface area contributed by atoms with Crippen molar-refractivity contribution in [2.24, 2.45) is 0 Å². The normalized spacial score (nSPS) is 15.8. The third kappa shape index (κ3) is 4.69. The van der Waals surface area contributed by atoms with E-state index >= 15 is 0 Å². The minimum Gasteiger partial charge on any atom is -0.497 e. The lowest BCUT2D eigenvalue weighted by atomic mass is 10.2. The molecule has 140 valence electrons. The van der Waals surface area contributed by atoms with Gasteiger partial charge in [-0.3, -0.25) is 0 Å². The van der Waals surface area contributed by atoms with E-state index in [1.54, 1.807) is 11.4 Å². The second kappa shape index (κ2) is 8.29. The number of benzene rings is 2. The minimum atomic E-state index is -3.28. The zero-order chi connectivity index (χ0) is 18.6. The predicted octanol–water partition coefficient (Wildman–Crippen LogP) is 3.04. The van der Waals surface area contributed by atoms with Crippen molar-refractivity contribution in [3.8, 4) is 5.75 Å². The lowest BCUT2D eigenvalue weighted by Gasteiger charge is -2.35. The van der Waals surface area contributed by atoms with Crippen molar-refractivity contribution in [3.05, 3.63) is 59.1 Å². The molecule has 2 aromatic rings. The Morgan fingerprint density at radius 3 is 2.46 bits per heavy atom. The maximum atomic E-state index is 12.7. The molecule has 0 saturated carbocycles. The van der Waals surface area contributed by atoms with E-state index in [1.807, 2.05) is 48.5 Å². The van der Waals surface area contributed by atoms with Gasteiger partial charge in [0.05, 0.1) is 12.9 Å². The Labute approximate surface area is 160 Å². The van der Waals surface area contributed by atoms with Crippen LogP contribution in [0.15, 0.2) is 48.5 Å². The van der Waals surface area contributed by atoms with Crippen LogP contribution < -0.4 is 9.64 Å². The average Bonchev–Trinajstić information content (AvgIpc) is 2.67. The Morgan fingerprint density at radius 1 is 1.04 bits per heavy atom. The number of halogens is 1. The number of piperazine rings is 1. The molecule has 1 aliphatic rings. The van der Waals surface area contributed by atoms with Crippen LogP contribution in [0.1, 0.15) is 5.56 Å². The number of hydrogen-bond acceptors (Lipinski definition) is 4. The molecule has 0 amide bonds. The molecule has 1 heterocycles. The lowest BCUT2D eigenvalue weighted by Crippen LogP contribution is -2.49. The van der Waals surface area contributed by atoms with Gasteiger partial charge in [-0.05, 0) is 42.3 Å². The molecular weight excluding hydrogens is 372 g/mol. The van der Waals surface area contributed by atoms with E-state index in [9.17, 15) is 8.42 Å². The first kappa shape index (κ1) is 19.0. The van der Waals surface area contributed by atoms with Gasteiger partial charge in [-0.25, -0.2) is 8.42 Å². The molecule has 26 heavy (non-hydrogen) atoms. The van der Waals surface area contributed by atoms with Gasteiger partial charge in [0.2, 0.25) is 10.0 Å². The van der Waals surface area contributed by atoms with E-state index in [1.165, 1.54) is 0 Å². The summed E-state index contributed by atoms with van der Waals surface area (Å²) in [5.74, 6) is 0.854. The van der Waals surface area contributed by atoms with Crippen molar-refractivity contribution in [1.82, 2.24) is 4.31 Å². The lowest BCUT2D eigenvalue weighted by molar-refractivity contribution is 0.385. The molecule has 0 aliphatic carbocycles. The fraction of sp³-hybridized carbons (Fsp3) is 0.368. The Morgan fingerprint density at radius 2 is 1.77 bits per heavy atom. The third-order valence-corrected chi connectivity index (χ3v) is 6.70. The summed E-state index contributed by atoms with van der Waals surface area (Å²) in [6.45, 7) is 2.32. The first-order chi connectivity index (χ1) is 12.5. The highest BCUT2D eigenvalue weighted by molar-refractivity contribution is 7.89. The standard InChI is InChI=1S/C19H23ClN2O3S/c1-25-19-7-2-4-16(14-19)8-13-26(23,24)22-11-9-21(10-12-22)18-6-3-5-17(20)15-18/h2-7,14-15H,8-13H2,1H3. The maximum absolute atomic E-state index is 12.7. The Balaban J connectivity index is 1.57. The van der Waals surface area contributed by atoms with Gasteiger partial charge in [-0.15, -0.1) is 0 Å². The van der Waals surface area contributed by atoms with Crippen LogP contribution in [-0.4, -0.2) is 51.8 Å². The summed E-state index contributed by atoms with van der Waals surface area (Å²) in [4.78, 5) is 2.17. The van der Waals surface area contributed by atoms with Gasteiger partial charge < -0.3 is 9.64 Å². The second-order valence-electron chi connectivity index (χ2n) is 6.28. The quantitative estimate of drug-likeness (QED) is 0.755. The van der Waals surface area contributed by atoms with Crippen LogP contribution in [-0.2, 0) is 16.4 Å². The molecule has 2 aromatic carbocycles. The topological polar surface area (TPSA) is 49.9 Å². The summed E-state index contributed by atoms with van der Waals surface area (Å²) in [6, 6.07) is 15.2. The van der Waals surface area contributed by atoms with Gasteiger partial charge in [0, 0.05) is 36.9 Å². The largest absolute Gasteiger partial charge is 0.497 e. The fourth-order valence-corrected chi connectivity index (χ4v) is 4.76. The van der Waals surface area contributed by atoms with Crippen molar-refractivity contribution in [3.63, 3.8) is 0 Å². The summed E-state index contributed by atoms with van der Waals surface area (Å²) >= 11 is 6.04. The van der Waals surface area contributed by atoms with E-state index in [0.29, 0.717) is 37.6 Å². The van der Waals surface area contributed by atoms with Gasteiger partial charge in [0.1, 0.15) is 5.75 Å². The number of methoxy groups -OCH3 is 1. The summed E-state index contributed by atoms with van der Waals surface area (Å²) in [7, 11) is -1.67. The number of anilines is 1. The highest BCUT2D eigenvalue weighted by Gasteiger charge is 2.26. The number of aryl methyl sites for hydroxylation is 1. The number of rotatable bonds is 6. The number of ether oxygens (including phenoxy) is 1. The van der Waals surface area contributed by atoms with Crippen LogP contribution in [0.25, 0.3) is 0 Å². The Hall–Kier alpha value is -1.76. The van der Waals surface area contributed by atoms with Gasteiger partial charge in [0.15, 0.2) is 0 Å². The van der Waals surface area contributed by atoms with Crippen molar-refractivity contribution in [2.45, 2.75) is 6.42 Å². The molecule has 7 heteroatoms. The molecular formula is C19H23ClN2O3S. The summed E-state index contributed by atoms with van der Waals surface area (Å²) in [5, 5.41) is 0.691. The van der Waals surface area contributed by atoms with Crippen molar-refractivity contribution < 1.29 is 13.2 Å². The van der Waals surface area contributed by atoms with Crippen molar-refractivity contribution in [2.75, 3.05) is 43.9 Å². The van der Waals surface area contributed by atoms with Gasteiger partial charge in [-0.1, -0.05) is 29.8 Å². The highest BCUT2D eigenvalue weighted by atomic mass is 35.5. The van der Waals surface area contributed by atoms with Gasteiger partial charge >= 0.3 is 0 Å². The third-order valence-electron chi connectivity index (χ3n) is 4.59. The number of sulfonamides is 1. The van der Waals surface area contributed by atoms with E-state index in [2.05, 4.69) is 4.90 Å². The monoisotopic (exact) mass is 394 g/mol. The van der Waals surface area contributed by atoms with Crippen LogP contribution in [0.5, 0.6) is 5.75 Å². The van der Waals surface area contributed by atoms with Crippen LogP contribution >= 0.6 is 11.6 Å². The molecule has 1 fully saturated rings. The molecule has 0 aromatic heterocycles. The molecule has 3 rings (SSSR count). The van der Waals surface area contributed by atoms with E-state index in [-0.39, 0.29) is 5.75 Å². The Kier molecular flexibility index (Phi) is 6.06. The minimum absolute atomic E-state index is 0.108. The van der Waals surface area contributed by atoms with E-state index in [0.717, 1.165) is 17.0 Å². The second-order valence-corrected chi connectivity index (χ2v) is 8.81. The summed E-state index contributed by atoms with van der Waals surface area (Å²) in [6.07, 6.45) is 0.480. The van der Waals surface area contributed by atoms with Crippen LogP contribution in [0.4, 0.5) is 5.69 Å². The zero-order valence-corrected chi connectivity index (χ0v) is 16.3. The van der Waals surface area contributed by atoms with Crippen LogP contribution in [0.3, 0.4) is 0 Å². The van der Waals surface area contributed by atoms with E-state index < -0.39 is 10.0 Å². The van der Waals surface area contributed by atoms with Gasteiger partial charge in [-0.2, -0.15) is 4.31 Å². The number of hydrogen-bond donors (Lipinski definition) is 0. The average molecular weight is 395 g/mol. The van der Waals surface area contributed by atoms with E-state index in [4.69, 9.17) is 16.3 Å². The Bertz CT molecular complexity index is 849. The first-order valence-corrected chi connectivity index (χ1v) is 10.6. The highest BCUT2D eigenvalue weighted by Crippen LogP contribution is 2.22. The number of nitrogens with zero attached hydrogens (tertiary/aromatic N) is 2. The molecule has 0 spiro atoms. The first-order valence-electron chi connectivity index (χ1n) is 8.59. The van der Waals surface area contributed by atoms with Gasteiger partial charge in [0.25, 0.3) is 0 Å². The maximum Gasteiger partial charge on any atom is 0.214 e. The van der Waals surface area contributed by atoms with Crippen LogP contribution in [0.2, 0.25) is 5.02 Å². The summed E-state index contributed by atoms with van der Waals surface area (Å²) < 4.78 is 32.1. The molecule has 0 bridgehead atoms. The fourth-order valence-electron chi connectivity index (χ4n) is 3.10. The molecule has 0 radical (unpaired) electrons. The molecule has 1 saturated heterocycles. The zero-order valence-electron chi connectivity index (χ0n) is 14.8. The predicted molar refractivity (Wildman–Crippen MR) is 106 cm³/mol. The van der Waals surface area contributed by atoms with Crippen molar-refractivity contribution in [1.29, 1.82) is 0 Å². The smallest absolute Gasteiger partial charge is 0.214 e. The molecule has 0 unspecified atom stereocenters. The summed E-state index contributed by atoms with van der Waals surface area (Å²) in [5.41, 5.74) is 2.00. The molecule has 1 aliphatic heterocycles. The SMILES string of the molecule is COc1cccc(CCS(=O)(=O)N2CCN(c3cccc(Cl)c3)CC2)c1. The van der Waals surface area contributed by atoms with Crippen LogP contribution in [0, 0.1) is 0 Å². The molecule has 0 N–H and O–H groups in total. The molecule has 5 nitrogen and oxygen atoms in total. The molecule has 0 atom stereocenters. The van der Waals surface area contributed by atoms with Crippen molar-refractivity contribution >= 4 is 27.3 Å².